The first-order chi connectivity index (χ1) is 38.1. The molecular formula is C73H90N2O2Si2. The molecule has 0 fully saturated rings. The van der Waals surface area contributed by atoms with Crippen LogP contribution in [0.1, 0.15) is 138 Å². The third-order valence-electron chi connectivity index (χ3n) is 18.0. The van der Waals surface area contributed by atoms with Crippen molar-refractivity contribution in [1.29, 1.82) is 0 Å². The Morgan fingerprint density at radius 3 is 0.962 bits per heavy atom. The highest BCUT2D eigenvalue weighted by Crippen LogP contribution is 2.50. The Morgan fingerprint density at radius 1 is 0.430 bits per heavy atom. The molecule has 0 radical (unpaired) electrons. The zero-order valence-electron chi connectivity index (χ0n) is 49.4. The van der Waals surface area contributed by atoms with Crippen molar-refractivity contribution in [2.24, 2.45) is 0 Å². The van der Waals surface area contributed by atoms with E-state index in [2.05, 4.69) is 285 Å². The van der Waals surface area contributed by atoms with Crippen LogP contribution in [0.5, 0.6) is 0 Å². The van der Waals surface area contributed by atoms with Gasteiger partial charge in [0.1, 0.15) is 16.1 Å². The van der Waals surface area contributed by atoms with Gasteiger partial charge in [0.25, 0.3) is 0 Å². The topological polar surface area (TPSA) is 40.6 Å². The van der Waals surface area contributed by atoms with Crippen molar-refractivity contribution in [2.45, 2.75) is 173 Å². The van der Waals surface area contributed by atoms with E-state index in [0.717, 1.165) is 49.9 Å². The van der Waals surface area contributed by atoms with Gasteiger partial charge in [-0.3, -0.25) is 9.59 Å². The van der Waals surface area contributed by atoms with Crippen LogP contribution in [0.3, 0.4) is 0 Å². The van der Waals surface area contributed by atoms with E-state index in [0.29, 0.717) is 35.5 Å². The molecule has 4 atom stereocenters. The zero-order chi connectivity index (χ0) is 56.2. The summed E-state index contributed by atoms with van der Waals surface area (Å²) in [6, 6.07) is 67.0. The van der Waals surface area contributed by atoms with E-state index < -0.39 is 16.1 Å². The van der Waals surface area contributed by atoms with Gasteiger partial charge >= 0.3 is 0 Å². The van der Waals surface area contributed by atoms with E-state index >= 15 is 0 Å². The summed E-state index contributed by atoms with van der Waals surface area (Å²) in [5.74, 6) is 0.597. The number of ketones is 2. The fraction of sp³-hybridized carbons (Fsp3) is 0.370. The van der Waals surface area contributed by atoms with Gasteiger partial charge in [-0.05, 0) is 58.0 Å². The molecule has 10 rings (SSSR count). The van der Waals surface area contributed by atoms with Gasteiger partial charge in [0.2, 0.25) is 0 Å². The summed E-state index contributed by atoms with van der Waals surface area (Å²) in [4.78, 5) is 31.1. The molecule has 0 bridgehead atoms. The molecule has 0 saturated heterocycles. The number of rotatable bonds is 14. The van der Waals surface area contributed by atoms with Crippen LogP contribution in [0.15, 0.2) is 229 Å². The van der Waals surface area contributed by atoms with Gasteiger partial charge in [-0.25, -0.2) is 0 Å². The van der Waals surface area contributed by atoms with Gasteiger partial charge in [-0.15, -0.1) is 0 Å². The molecule has 0 saturated carbocycles. The molecule has 6 aromatic rings. The number of unbranched alkanes of at least 4 members (excludes halogenated alkanes) is 2. The van der Waals surface area contributed by atoms with Crippen molar-refractivity contribution in [3.63, 3.8) is 0 Å². The predicted octanol–water partition coefficient (Wildman–Crippen LogP) is 16.0. The largest absolute Gasteiger partial charge is 0.363 e. The molecule has 0 amide bonds. The van der Waals surface area contributed by atoms with E-state index in [1.807, 2.05) is 0 Å². The van der Waals surface area contributed by atoms with Crippen molar-refractivity contribution >= 4 is 48.5 Å². The van der Waals surface area contributed by atoms with Crippen LogP contribution in [0.4, 0.5) is 0 Å². The molecule has 0 N–H and O–H groups in total. The summed E-state index contributed by atoms with van der Waals surface area (Å²) >= 11 is 0. The van der Waals surface area contributed by atoms with Crippen molar-refractivity contribution in [1.82, 2.24) is 9.80 Å². The fourth-order valence-electron chi connectivity index (χ4n) is 14.6. The molecule has 2 aliphatic carbocycles. The Balaban J connectivity index is 0.000000192. The molecule has 79 heavy (non-hydrogen) atoms. The van der Waals surface area contributed by atoms with Crippen molar-refractivity contribution in [3.8, 4) is 0 Å². The number of nitrogens with zero attached hydrogens (tertiary/aromatic N) is 2. The Bertz CT molecular complexity index is 2760. The number of hydrogen-bond acceptors (Lipinski definition) is 4. The summed E-state index contributed by atoms with van der Waals surface area (Å²) in [7, 11) is -4.75. The molecule has 6 heteroatoms. The molecule has 2 aliphatic heterocycles. The average molecular weight is 1080 g/mol. The Labute approximate surface area is 478 Å². The van der Waals surface area contributed by atoms with E-state index in [-0.39, 0.29) is 22.2 Å². The lowest BCUT2D eigenvalue weighted by Gasteiger charge is -2.53. The lowest BCUT2D eigenvalue weighted by atomic mass is 9.89. The van der Waals surface area contributed by atoms with Gasteiger partial charge in [0, 0.05) is 60.6 Å². The lowest BCUT2D eigenvalue weighted by Crippen LogP contribution is -2.69. The first-order valence-electron chi connectivity index (χ1n) is 29.8. The summed E-state index contributed by atoms with van der Waals surface area (Å²) in [6.07, 6.45) is 18.3. The molecule has 0 aromatic heterocycles. The van der Waals surface area contributed by atoms with E-state index in [9.17, 15) is 9.59 Å². The van der Waals surface area contributed by atoms with Crippen LogP contribution in [-0.2, 0) is 22.7 Å². The highest BCUT2D eigenvalue weighted by atomic mass is 28.3. The molecule has 6 aromatic carbocycles. The average Bonchev–Trinajstić information content (AvgIpc) is 3.65. The maximum atomic E-state index is 13.0. The molecule has 0 spiro atoms. The van der Waals surface area contributed by atoms with Gasteiger partial charge in [-0.1, -0.05) is 316 Å². The van der Waals surface area contributed by atoms with Gasteiger partial charge in [0.05, 0.1) is 0 Å². The minimum atomic E-state index is -2.37. The first kappa shape index (κ1) is 58.8. The van der Waals surface area contributed by atoms with E-state index in [4.69, 9.17) is 0 Å². The monoisotopic (exact) mass is 1080 g/mol. The summed E-state index contributed by atoms with van der Waals surface area (Å²) in [6.45, 7) is 25.7. The Hall–Kier alpha value is -6.35. The van der Waals surface area contributed by atoms with Crippen molar-refractivity contribution < 1.29 is 9.59 Å². The SMILES string of the molecule is CCCCC.C[C@@H]([C@@H]1C=CC2=C(CCCC2=O)N1Cc1ccccc1)[Si](c1ccccc1)(c1ccccc1)C(C)(C)C.C[C@H]([C@H]1C=CC2=C(CCCC2=O)N1Cc1ccccc1)[Si](c1ccccc1)(c1ccccc1)C(C)(C)C. The quantitative estimate of drug-likeness (QED) is 0.102. The fourth-order valence-corrected chi connectivity index (χ4v) is 28.1. The van der Waals surface area contributed by atoms with Crippen LogP contribution in [0.2, 0.25) is 21.2 Å². The standard InChI is InChI=1S/2C34H39NOSi.C5H12/c2*1-26(37(34(2,3)4,28-17-10-6-11-18-28)29-19-12-7-13-20-29)31-24-23-30-32(21-14-22-33(30)36)35(31)25-27-15-8-5-9-16-27;1-3-5-4-2/h2*5-13,15-20,23-24,26,31H,14,21-22,25H2,1-4H3;3-5H2,1-2H3/t2*26-,31-;/m10./s1. The zero-order valence-corrected chi connectivity index (χ0v) is 51.4. The molecule has 4 nitrogen and oxygen atoms in total. The second kappa shape index (κ2) is 26.3. The normalized spacial score (nSPS) is 18.4. The molecule has 412 valence electrons. The third kappa shape index (κ3) is 12.4. The number of benzene rings is 6. The van der Waals surface area contributed by atoms with Gasteiger partial charge < -0.3 is 9.80 Å². The molecule has 4 aliphatic rings. The Morgan fingerprint density at radius 2 is 0.709 bits per heavy atom. The van der Waals surface area contributed by atoms with Crippen LogP contribution < -0.4 is 20.7 Å². The van der Waals surface area contributed by atoms with E-state index in [1.54, 1.807) is 0 Å². The third-order valence-corrected chi connectivity index (χ3v) is 31.1. The maximum absolute atomic E-state index is 13.0. The number of carbonyl (C=O) groups is 2. The number of hydrogen-bond donors (Lipinski definition) is 0. The van der Waals surface area contributed by atoms with Crippen molar-refractivity contribution in [3.05, 3.63) is 240 Å². The summed E-state index contributed by atoms with van der Waals surface area (Å²) in [5, 5.41) is 6.06. The summed E-state index contributed by atoms with van der Waals surface area (Å²) < 4.78 is 0. The smallest absolute Gasteiger partial charge is 0.164 e. The number of allylic oxidation sites excluding steroid dienone is 6. The maximum Gasteiger partial charge on any atom is 0.164 e. The first-order valence-corrected chi connectivity index (χ1v) is 34.0. The van der Waals surface area contributed by atoms with Gasteiger partial charge in [0.15, 0.2) is 11.6 Å². The lowest BCUT2D eigenvalue weighted by molar-refractivity contribution is -0.116. The van der Waals surface area contributed by atoms with Crippen LogP contribution in [0, 0.1) is 0 Å². The molecular weight excluding hydrogens is 993 g/mol. The van der Waals surface area contributed by atoms with Crippen LogP contribution in [0.25, 0.3) is 0 Å². The number of Topliss-reactive ketones (excluding diaryl/α,β-unsaturated/α-hetero) is 2. The molecule has 2 heterocycles. The van der Waals surface area contributed by atoms with Gasteiger partial charge in [-0.2, -0.15) is 0 Å². The Kier molecular flexibility index (Phi) is 19.6. The highest BCUT2D eigenvalue weighted by molar-refractivity contribution is 7.06. The molecule has 0 unspecified atom stereocenters. The number of carbonyl (C=O) groups excluding carboxylic acids is 2. The second-order valence-electron chi connectivity index (χ2n) is 24.7. The minimum absolute atomic E-state index is 0.0679. The highest BCUT2D eigenvalue weighted by Gasteiger charge is 2.56. The summed E-state index contributed by atoms with van der Waals surface area (Å²) in [5.41, 5.74) is 7.69. The minimum Gasteiger partial charge on any atom is -0.363 e. The van der Waals surface area contributed by atoms with Crippen molar-refractivity contribution in [2.75, 3.05) is 0 Å². The van der Waals surface area contributed by atoms with E-state index in [1.165, 1.54) is 62.5 Å². The second-order valence-corrected chi connectivity index (χ2v) is 35.1. The van der Waals surface area contributed by atoms with Crippen LogP contribution >= 0.6 is 0 Å². The predicted molar refractivity (Wildman–Crippen MR) is 341 cm³/mol. The van der Waals surface area contributed by atoms with Crippen LogP contribution in [-0.4, -0.2) is 49.6 Å².